The van der Waals surface area contributed by atoms with Crippen molar-refractivity contribution in [3.05, 3.63) is 93.9 Å². The zero-order valence-corrected chi connectivity index (χ0v) is 25.3. The number of benzene rings is 3. The number of hydrogen-bond donors (Lipinski definition) is 2. The van der Waals surface area contributed by atoms with E-state index in [1.165, 1.54) is 17.2 Å². The number of nitrogens with one attached hydrogen (secondary N) is 2. The van der Waals surface area contributed by atoms with E-state index in [1.807, 2.05) is 43.3 Å². The molecule has 10 heteroatoms. The number of carbonyl (C=O) groups is 1. The van der Waals surface area contributed by atoms with Gasteiger partial charge in [0.2, 0.25) is 5.91 Å². The lowest BCUT2D eigenvalue weighted by Crippen LogP contribution is -2.48. The molecule has 1 saturated heterocycles. The summed E-state index contributed by atoms with van der Waals surface area (Å²) in [6, 6.07) is 18.3. The van der Waals surface area contributed by atoms with Gasteiger partial charge in [0.05, 0.1) is 16.9 Å². The number of pyridine rings is 1. The Morgan fingerprint density at radius 1 is 1.07 bits per heavy atom. The van der Waals surface area contributed by atoms with Gasteiger partial charge >= 0.3 is 5.69 Å². The first-order valence-electron chi connectivity index (χ1n) is 15.1. The van der Waals surface area contributed by atoms with Crippen LogP contribution in [0.4, 0.5) is 5.69 Å². The van der Waals surface area contributed by atoms with Crippen LogP contribution in [-0.2, 0) is 17.8 Å². The average Bonchev–Trinajstić information content (AvgIpc) is 3.45. The third-order valence-electron chi connectivity index (χ3n) is 8.91. The van der Waals surface area contributed by atoms with Gasteiger partial charge in [-0.05, 0) is 55.3 Å². The number of amides is 1. The van der Waals surface area contributed by atoms with Crippen molar-refractivity contribution in [3.63, 3.8) is 0 Å². The van der Waals surface area contributed by atoms with E-state index in [1.54, 1.807) is 4.90 Å². The Balaban J connectivity index is 1.45. The Bertz CT molecular complexity index is 2100. The molecule has 2 aliphatic rings. The monoisotopic (exact) mass is 599 g/mol. The van der Waals surface area contributed by atoms with Gasteiger partial charge in [0.15, 0.2) is 11.5 Å². The number of ether oxygens (including phenoxy) is 1. The molecule has 0 spiro atoms. The first-order valence-corrected chi connectivity index (χ1v) is 15.1. The molecule has 0 saturated carbocycles. The third kappa shape index (κ3) is 4.91. The summed E-state index contributed by atoms with van der Waals surface area (Å²) in [5.41, 5.74) is 7.67. The second-order valence-electron chi connectivity index (χ2n) is 11.7. The number of aromatic amines is 2. The van der Waals surface area contributed by atoms with Gasteiger partial charge in [-0.15, -0.1) is 0 Å². The summed E-state index contributed by atoms with van der Waals surface area (Å²) in [6.45, 7) is 9.46. The highest BCUT2D eigenvalue weighted by molar-refractivity contribution is 6.02. The quantitative estimate of drug-likeness (QED) is 0.277. The number of nitrogens with zero attached hydrogens (tertiary/aromatic N) is 5. The number of rotatable bonds is 5. The minimum atomic E-state index is -0.312. The Kier molecular flexibility index (Phi) is 7.10. The summed E-state index contributed by atoms with van der Waals surface area (Å²) in [5, 5.41) is 11.6. The maximum absolute atomic E-state index is 12.4. The second kappa shape index (κ2) is 11.3. The van der Waals surface area contributed by atoms with Crippen molar-refractivity contribution < 1.29 is 9.53 Å². The lowest BCUT2D eigenvalue weighted by Gasteiger charge is -2.37. The summed E-state index contributed by atoms with van der Waals surface area (Å²) in [5.74, 6) is 0.950. The predicted molar refractivity (Wildman–Crippen MR) is 175 cm³/mol. The molecule has 4 heterocycles. The van der Waals surface area contributed by atoms with Crippen LogP contribution in [0, 0.1) is 18.3 Å². The fourth-order valence-corrected chi connectivity index (χ4v) is 6.63. The molecule has 2 N–H and O–H groups in total. The van der Waals surface area contributed by atoms with E-state index < -0.39 is 0 Å². The van der Waals surface area contributed by atoms with Crippen molar-refractivity contribution in [2.24, 2.45) is 0 Å². The van der Waals surface area contributed by atoms with Crippen LogP contribution in [0.25, 0.3) is 33.2 Å². The van der Waals surface area contributed by atoms with Gasteiger partial charge in [0.25, 0.3) is 0 Å². The number of para-hydroxylation sites is 1. The van der Waals surface area contributed by atoms with Gasteiger partial charge in [-0.1, -0.05) is 43.0 Å². The normalized spacial score (nSPS) is 15.2. The van der Waals surface area contributed by atoms with Crippen LogP contribution in [0.5, 0.6) is 11.5 Å². The summed E-state index contributed by atoms with van der Waals surface area (Å²) in [4.78, 5) is 41.7. The smallest absolute Gasteiger partial charge is 0.323 e. The maximum atomic E-state index is 12.4. The van der Waals surface area contributed by atoms with E-state index in [-0.39, 0.29) is 11.6 Å². The Morgan fingerprint density at radius 3 is 2.64 bits per heavy atom. The zero-order chi connectivity index (χ0) is 31.2. The molecule has 3 aromatic carbocycles. The van der Waals surface area contributed by atoms with Crippen molar-refractivity contribution in [2.75, 3.05) is 44.7 Å². The molecular formula is C35H33N7O3. The number of fused-ring (bicyclic) bond motifs is 3. The zero-order valence-electron chi connectivity index (χ0n) is 25.3. The van der Waals surface area contributed by atoms with Crippen LogP contribution in [-0.4, -0.2) is 70.4 Å². The molecular weight excluding hydrogens is 566 g/mol. The number of H-pyrrole nitrogens is 2. The highest BCUT2D eigenvalue weighted by Crippen LogP contribution is 2.43. The topological polar surface area (TPSA) is 121 Å². The molecule has 226 valence electrons. The molecule has 0 radical (unpaired) electrons. The highest BCUT2D eigenvalue weighted by Gasteiger charge is 2.29. The van der Waals surface area contributed by atoms with Crippen molar-refractivity contribution in [1.82, 2.24) is 24.8 Å². The number of carbonyl (C=O) groups excluding carboxylic acids is 1. The molecule has 45 heavy (non-hydrogen) atoms. The Labute approximate surface area is 260 Å². The average molecular weight is 600 g/mol. The lowest BCUT2D eigenvalue weighted by molar-refractivity contribution is -0.126. The molecule has 2 aromatic heterocycles. The Morgan fingerprint density at radius 2 is 1.87 bits per heavy atom. The molecule has 5 aromatic rings. The van der Waals surface area contributed by atoms with Gasteiger partial charge in [-0.2, -0.15) is 5.26 Å². The fraction of sp³-hybridized carbons (Fsp3) is 0.257. The van der Waals surface area contributed by atoms with E-state index in [4.69, 9.17) is 9.72 Å². The summed E-state index contributed by atoms with van der Waals surface area (Å²) >= 11 is 0. The van der Waals surface area contributed by atoms with Gasteiger partial charge in [-0.3, -0.25) is 4.79 Å². The summed E-state index contributed by atoms with van der Waals surface area (Å²) in [6.07, 6.45) is 2.20. The highest BCUT2D eigenvalue weighted by atomic mass is 16.5. The molecule has 1 fully saturated rings. The lowest BCUT2D eigenvalue weighted by atomic mass is 9.90. The van der Waals surface area contributed by atoms with Crippen LogP contribution < -0.4 is 15.3 Å². The molecule has 0 atom stereocenters. The van der Waals surface area contributed by atoms with Crippen molar-refractivity contribution in [2.45, 2.75) is 19.9 Å². The number of nitriles is 1. The van der Waals surface area contributed by atoms with Crippen LogP contribution >= 0.6 is 0 Å². The minimum Gasteiger partial charge on any atom is -0.453 e. The number of anilines is 1. The molecule has 0 aliphatic carbocycles. The fourth-order valence-electron chi connectivity index (χ4n) is 6.63. The predicted octanol–water partition coefficient (Wildman–Crippen LogP) is 4.87. The van der Waals surface area contributed by atoms with E-state index in [0.717, 1.165) is 41.7 Å². The largest absolute Gasteiger partial charge is 0.453 e. The van der Waals surface area contributed by atoms with Crippen LogP contribution in [0.1, 0.15) is 22.3 Å². The van der Waals surface area contributed by atoms with Gasteiger partial charge < -0.3 is 29.4 Å². The standard InChI is InChI=1S/C35H33N7O3/c1-4-29(43)41-15-17-42(18-16-41)33-25-9-6-10-28(45-34-21(2)11-12-27-32(34)39-35(44)37-27)31(25)38-30(26(33)19-36)24-8-5-7-22-20-40(3)14-13-23(22)24/h4-12H,1,13-18,20H2,2-3H3,(H2,37,39,44). The first-order chi connectivity index (χ1) is 21.9. The first kappa shape index (κ1) is 28.4. The van der Waals surface area contributed by atoms with Crippen molar-refractivity contribution in [3.8, 4) is 28.8 Å². The number of imidazole rings is 1. The van der Waals surface area contributed by atoms with Gasteiger partial charge in [-0.25, -0.2) is 9.78 Å². The summed E-state index contributed by atoms with van der Waals surface area (Å²) < 4.78 is 6.62. The van der Waals surface area contributed by atoms with E-state index in [0.29, 0.717) is 65.5 Å². The number of aryl methyl sites for hydroxylation is 1. The third-order valence-corrected chi connectivity index (χ3v) is 8.91. The maximum Gasteiger partial charge on any atom is 0.323 e. The molecule has 0 bridgehead atoms. The van der Waals surface area contributed by atoms with E-state index >= 15 is 0 Å². The second-order valence-corrected chi connectivity index (χ2v) is 11.7. The molecule has 1 amide bonds. The molecule has 2 aliphatic heterocycles. The molecule has 7 rings (SSSR count). The van der Waals surface area contributed by atoms with Crippen molar-refractivity contribution in [1.29, 1.82) is 5.26 Å². The van der Waals surface area contributed by atoms with Gasteiger partial charge in [0.1, 0.15) is 22.7 Å². The minimum absolute atomic E-state index is 0.0978. The van der Waals surface area contributed by atoms with Crippen LogP contribution in [0.3, 0.4) is 0 Å². The van der Waals surface area contributed by atoms with Crippen LogP contribution in [0.2, 0.25) is 0 Å². The van der Waals surface area contributed by atoms with Crippen molar-refractivity contribution >= 4 is 33.5 Å². The summed E-state index contributed by atoms with van der Waals surface area (Å²) in [7, 11) is 2.11. The Hall–Kier alpha value is -5.40. The molecule has 0 unspecified atom stereocenters. The number of aromatic nitrogens is 3. The SMILES string of the molecule is C=CC(=O)N1CCN(c2c(C#N)c(-c3cccc4c3CCN(C)C4)nc3c(Oc4c(C)ccc5[nH]c(=O)[nH]c45)cccc23)CC1. The van der Waals surface area contributed by atoms with Gasteiger partial charge in [0, 0.05) is 50.2 Å². The van der Waals surface area contributed by atoms with E-state index in [2.05, 4.69) is 51.6 Å². The van der Waals surface area contributed by atoms with Crippen LogP contribution in [0.15, 0.2) is 66.0 Å². The number of piperazine rings is 1. The molecule has 10 nitrogen and oxygen atoms in total. The van der Waals surface area contributed by atoms with E-state index in [9.17, 15) is 14.9 Å². The number of hydrogen-bond acceptors (Lipinski definition) is 7. The number of likely N-dealkylation sites (N-methyl/N-ethyl adjacent to an activating group) is 1.